The summed E-state index contributed by atoms with van der Waals surface area (Å²) in [6, 6.07) is 15.3. The lowest BCUT2D eigenvalue weighted by atomic mass is 10.0. The summed E-state index contributed by atoms with van der Waals surface area (Å²) in [6.07, 6.45) is 6.07. The van der Waals surface area contributed by atoms with Gasteiger partial charge in [0, 0.05) is 61.4 Å². The molecule has 5 aromatic rings. The van der Waals surface area contributed by atoms with Crippen LogP contribution >= 0.6 is 0 Å². The number of nitrogens with one attached hydrogen (secondary N) is 4. The number of hydrogen-bond acceptors (Lipinski definition) is 9. The minimum absolute atomic E-state index is 0.0111. The van der Waals surface area contributed by atoms with Crippen molar-refractivity contribution in [1.29, 1.82) is 0 Å². The van der Waals surface area contributed by atoms with Crippen molar-refractivity contribution in [2.24, 2.45) is 0 Å². The fourth-order valence-electron chi connectivity index (χ4n) is 6.86. The van der Waals surface area contributed by atoms with Crippen LogP contribution in [0.1, 0.15) is 69.8 Å². The molecule has 6 amide bonds. The van der Waals surface area contributed by atoms with Crippen molar-refractivity contribution in [3.63, 3.8) is 0 Å². The Hall–Kier alpha value is -6.95. The van der Waals surface area contributed by atoms with Crippen molar-refractivity contribution in [1.82, 2.24) is 50.7 Å². The number of urea groups is 1. The SMILES string of the molecule is CNC(=O)N1CCn2c(C3CC3)nc(-c3cccc4cc(-c5ccc(C(=O)NCC#Cc6cccc(C(=O)NC7CCC(=O)NC7=O)n6)nc5)ncc34)c2C1. The number of nitrogens with zero attached hydrogens (tertiary/aromatic N) is 6. The Morgan fingerprint density at radius 1 is 0.927 bits per heavy atom. The maximum Gasteiger partial charge on any atom is 0.317 e. The first-order chi connectivity index (χ1) is 26.7. The number of imidazole rings is 1. The first-order valence-corrected chi connectivity index (χ1v) is 18.1. The topological polar surface area (TPSA) is 193 Å². The second-order valence-electron chi connectivity index (χ2n) is 13.6. The summed E-state index contributed by atoms with van der Waals surface area (Å²) in [6.45, 7) is 1.85. The second-order valence-corrected chi connectivity index (χ2v) is 13.6. The van der Waals surface area contributed by atoms with E-state index in [-0.39, 0.29) is 42.7 Å². The third kappa shape index (κ3) is 7.34. The van der Waals surface area contributed by atoms with Gasteiger partial charge in [0.2, 0.25) is 11.8 Å². The second kappa shape index (κ2) is 14.8. The number of amides is 6. The molecule has 276 valence electrons. The van der Waals surface area contributed by atoms with Crippen LogP contribution in [-0.4, -0.2) is 85.2 Å². The molecule has 2 fully saturated rings. The van der Waals surface area contributed by atoms with Gasteiger partial charge >= 0.3 is 6.03 Å². The fourth-order valence-corrected chi connectivity index (χ4v) is 6.86. The number of pyridine rings is 3. The molecular weight excluding hydrogens is 701 g/mol. The highest BCUT2D eigenvalue weighted by atomic mass is 16.2. The standard InChI is InChI=1S/C40H36N10O5/c1-41-40(55)49-17-18-50-33(22-49)35(48-36(50)23-10-11-23)27-8-2-5-24-19-32(44-21-28(24)27)25-12-13-29(43-20-25)37(52)42-16-4-7-26-6-3-9-30(45-26)38(53)46-31-14-15-34(51)47-39(31)54/h2-3,5-6,8-9,12-13,19-21,23,31H,10-11,14-18,22H2,1H3,(H,41,55)(H,42,52)(H,46,53)(H,47,51,54). The molecule has 15 heteroatoms. The maximum atomic E-state index is 12.8. The molecule has 2 aliphatic heterocycles. The summed E-state index contributed by atoms with van der Waals surface area (Å²) in [5.41, 5.74) is 4.93. The quantitative estimate of drug-likeness (QED) is 0.144. The summed E-state index contributed by atoms with van der Waals surface area (Å²) >= 11 is 0. The molecule has 1 atom stereocenters. The largest absolute Gasteiger partial charge is 0.341 e. The van der Waals surface area contributed by atoms with Crippen molar-refractivity contribution in [2.45, 2.75) is 50.7 Å². The van der Waals surface area contributed by atoms with Gasteiger partial charge in [-0.05, 0) is 60.9 Å². The molecule has 0 spiro atoms. The molecule has 4 N–H and O–H groups in total. The average molecular weight is 737 g/mol. The molecule has 1 unspecified atom stereocenters. The van der Waals surface area contributed by atoms with Crippen LogP contribution in [0.5, 0.6) is 0 Å². The van der Waals surface area contributed by atoms with Crippen molar-refractivity contribution in [3.05, 3.63) is 95.6 Å². The number of hydrogen-bond donors (Lipinski definition) is 4. The van der Waals surface area contributed by atoms with Crippen LogP contribution in [0.4, 0.5) is 4.79 Å². The summed E-state index contributed by atoms with van der Waals surface area (Å²) in [7, 11) is 1.65. The Kier molecular flexibility index (Phi) is 9.46. The highest BCUT2D eigenvalue weighted by Gasteiger charge is 2.35. The molecule has 8 rings (SSSR count). The number of carbonyl (C=O) groups is 5. The van der Waals surface area contributed by atoms with Crippen molar-refractivity contribution in [3.8, 4) is 34.4 Å². The van der Waals surface area contributed by atoms with E-state index >= 15 is 0 Å². The molecule has 6 heterocycles. The zero-order valence-corrected chi connectivity index (χ0v) is 29.9. The number of piperidine rings is 1. The zero-order chi connectivity index (χ0) is 38.1. The van der Waals surface area contributed by atoms with Gasteiger partial charge in [0.25, 0.3) is 11.8 Å². The van der Waals surface area contributed by atoms with E-state index in [4.69, 9.17) is 9.97 Å². The van der Waals surface area contributed by atoms with Gasteiger partial charge in [0.15, 0.2) is 0 Å². The first kappa shape index (κ1) is 35.1. The van der Waals surface area contributed by atoms with Crippen LogP contribution in [0.2, 0.25) is 0 Å². The molecule has 1 saturated heterocycles. The number of carbonyl (C=O) groups excluding carboxylic acids is 5. The molecule has 55 heavy (non-hydrogen) atoms. The third-order valence-corrected chi connectivity index (χ3v) is 9.87. The molecule has 4 aromatic heterocycles. The molecule has 1 aliphatic carbocycles. The van der Waals surface area contributed by atoms with Gasteiger partial charge in [0.1, 0.15) is 28.9 Å². The minimum Gasteiger partial charge on any atom is -0.341 e. The highest BCUT2D eigenvalue weighted by molar-refractivity contribution is 6.03. The Morgan fingerprint density at radius 3 is 2.56 bits per heavy atom. The monoisotopic (exact) mass is 736 g/mol. The fraction of sp³-hybridized carbons (Fsp3) is 0.275. The van der Waals surface area contributed by atoms with Crippen LogP contribution in [0.3, 0.4) is 0 Å². The smallest absolute Gasteiger partial charge is 0.317 e. The van der Waals surface area contributed by atoms with Gasteiger partial charge in [-0.3, -0.25) is 34.5 Å². The number of aromatic nitrogens is 5. The van der Waals surface area contributed by atoms with E-state index in [0.717, 1.165) is 52.0 Å². The molecule has 1 saturated carbocycles. The molecule has 0 radical (unpaired) electrons. The Bertz CT molecular complexity index is 2440. The number of benzene rings is 1. The van der Waals surface area contributed by atoms with E-state index in [0.29, 0.717) is 36.9 Å². The lowest BCUT2D eigenvalue weighted by molar-refractivity contribution is -0.134. The molecule has 3 aliphatic rings. The van der Waals surface area contributed by atoms with Crippen molar-refractivity contribution >= 4 is 40.4 Å². The Morgan fingerprint density at radius 2 is 1.78 bits per heavy atom. The van der Waals surface area contributed by atoms with E-state index in [1.165, 1.54) is 6.07 Å². The van der Waals surface area contributed by atoms with E-state index in [9.17, 15) is 24.0 Å². The van der Waals surface area contributed by atoms with Gasteiger partial charge in [-0.15, -0.1) is 0 Å². The lowest BCUT2D eigenvalue weighted by Crippen LogP contribution is -2.52. The molecule has 1 aromatic carbocycles. The minimum atomic E-state index is -0.818. The molecule has 0 bridgehead atoms. The normalized spacial score (nSPS) is 16.4. The van der Waals surface area contributed by atoms with Crippen LogP contribution in [0.15, 0.2) is 67.0 Å². The van der Waals surface area contributed by atoms with Gasteiger partial charge in [0.05, 0.1) is 30.2 Å². The van der Waals surface area contributed by atoms with Gasteiger partial charge < -0.3 is 25.4 Å². The Labute approximate surface area is 315 Å². The van der Waals surface area contributed by atoms with E-state index in [1.54, 1.807) is 37.5 Å². The van der Waals surface area contributed by atoms with Crippen LogP contribution < -0.4 is 21.3 Å². The predicted octanol–water partition coefficient (Wildman–Crippen LogP) is 2.90. The van der Waals surface area contributed by atoms with Gasteiger partial charge in [-0.25, -0.2) is 14.8 Å². The van der Waals surface area contributed by atoms with Gasteiger partial charge in [-0.2, -0.15) is 0 Å². The summed E-state index contributed by atoms with van der Waals surface area (Å²) < 4.78 is 2.30. The number of rotatable bonds is 7. The first-order valence-electron chi connectivity index (χ1n) is 18.1. The van der Waals surface area contributed by atoms with Crippen molar-refractivity contribution < 1.29 is 24.0 Å². The van der Waals surface area contributed by atoms with E-state index in [1.807, 2.05) is 29.3 Å². The summed E-state index contributed by atoms with van der Waals surface area (Å²) in [4.78, 5) is 81.7. The molecular formula is C40H36N10O5. The van der Waals surface area contributed by atoms with Crippen molar-refractivity contribution in [2.75, 3.05) is 20.1 Å². The van der Waals surface area contributed by atoms with Gasteiger partial charge in [-0.1, -0.05) is 30.2 Å². The van der Waals surface area contributed by atoms with Crippen LogP contribution in [0.25, 0.3) is 33.3 Å². The average Bonchev–Trinajstić information content (AvgIpc) is 3.99. The number of imide groups is 1. The van der Waals surface area contributed by atoms with E-state index < -0.39 is 23.8 Å². The van der Waals surface area contributed by atoms with E-state index in [2.05, 4.69) is 53.7 Å². The molecule has 15 nitrogen and oxygen atoms in total. The third-order valence-electron chi connectivity index (χ3n) is 9.87. The maximum absolute atomic E-state index is 12.8. The summed E-state index contributed by atoms with van der Waals surface area (Å²) in [5.74, 6) is 5.32. The zero-order valence-electron chi connectivity index (χ0n) is 29.9. The number of fused-ring (bicyclic) bond motifs is 2. The van der Waals surface area contributed by atoms with Crippen LogP contribution in [-0.2, 0) is 22.7 Å². The highest BCUT2D eigenvalue weighted by Crippen LogP contribution is 2.43. The lowest BCUT2D eigenvalue weighted by Gasteiger charge is -2.29. The van der Waals surface area contributed by atoms with Crippen LogP contribution in [0, 0.1) is 11.8 Å². The summed E-state index contributed by atoms with van der Waals surface area (Å²) in [5, 5.41) is 12.2. The Balaban J connectivity index is 0.922. The predicted molar refractivity (Wildman–Crippen MR) is 200 cm³/mol.